The van der Waals surface area contributed by atoms with Crippen molar-refractivity contribution in [1.29, 1.82) is 0 Å². The van der Waals surface area contributed by atoms with Gasteiger partial charge in [-0.05, 0) is 24.9 Å². The fraction of sp³-hybridized carbons (Fsp3) is 0.647. The second kappa shape index (κ2) is 8.14. The van der Waals surface area contributed by atoms with Crippen LogP contribution in [-0.4, -0.2) is 50.1 Å². The van der Waals surface area contributed by atoms with E-state index < -0.39 is 18.2 Å². The van der Waals surface area contributed by atoms with Crippen LogP contribution in [0.3, 0.4) is 0 Å². The summed E-state index contributed by atoms with van der Waals surface area (Å²) in [7, 11) is 0. The molecule has 2 aliphatic heterocycles. The molecule has 8 heteroatoms. The molecule has 0 unspecified atom stereocenters. The lowest BCUT2D eigenvalue weighted by Gasteiger charge is -2.25. The quantitative estimate of drug-likeness (QED) is 0.311. The number of fused-ring (bicyclic) bond motifs is 1. The zero-order valence-electron chi connectivity index (χ0n) is 14.4. The van der Waals surface area contributed by atoms with E-state index in [2.05, 4.69) is 10.0 Å². The van der Waals surface area contributed by atoms with Crippen LogP contribution in [0.1, 0.15) is 19.4 Å². The van der Waals surface area contributed by atoms with Gasteiger partial charge >= 0.3 is 0 Å². The summed E-state index contributed by atoms with van der Waals surface area (Å²) in [6.07, 6.45) is -1.61. The number of rotatable bonds is 8. The highest BCUT2D eigenvalue weighted by molar-refractivity contribution is 5.13. The molecule has 2 aliphatic rings. The van der Waals surface area contributed by atoms with Gasteiger partial charge in [0.25, 0.3) is 0 Å². The van der Waals surface area contributed by atoms with Gasteiger partial charge in [-0.25, -0.2) is 0 Å². The molecule has 0 spiro atoms. The predicted octanol–water partition coefficient (Wildman–Crippen LogP) is 2.78. The van der Waals surface area contributed by atoms with Gasteiger partial charge in [0.2, 0.25) is 0 Å². The predicted molar refractivity (Wildman–Crippen MR) is 88.5 cm³/mol. The minimum absolute atomic E-state index is 0.173. The maximum atomic E-state index is 8.53. The Morgan fingerprint density at radius 1 is 1.20 bits per heavy atom. The van der Waals surface area contributed by atoms with Crippen molar-refractivity contribution in [2.45, 2.75) is 50.8 Å². The SMILES string of the molecule is CC1(C)O[C@H]2O[C@H](CN=[N+]=[N-])[C@@H](OCCOCc3ccccc3)[C@H]2O1. The molecule has 8 nitrogen and oxygen atoms in total. The minimum Gasteiger partial charge on any atom is -0.374 e. The number of ether oxygens (including phenoxy) is 5. The van der Waals surface area contributed by atoms with Gasteiger partial charge in [0, 0.05) is 4.91 Å². The van der Waals surface area contributed by atoms with Gasteiger partial charge in [0.1, 0.15) is 12.2 Å². The van der Waals surface area contributed by atoms with Crippen LogP contribution < -0.4 is 0 Å². The first kappa shape index (κ1) is 18.1. The standard InChI is InChI=1S/C17H23N3O5/c1-17(2)24-15-14(13(10-19-20-18)23-16(15)25-17)22-9-8-21-11-12-6-4-3-5-7-12/h3-7,13-16H,8-11H2,1-2H3/t13-,14-,15-,16-/m1/s1. The summed E-state index contributed by atoms with van der Waals surface area (Å²) in [6, 6.07) is 9.95. The summed E-state index contributed by atoms with van der Waals surface area (Å²) in [4.78, 5) is 2.78. The maximum absolute atomic E-state index is 8.53. The fourth-order valence-corrected chi connectivity index (χ4v) is 3.02. The van der Waals surface area contributed by atoms with Crippen molar-refractivity contribution in [3.05, 3.63) is 46.3 Å². The molecule has 25 heavy (non-hydrogen) atoms. The molecule has 0 saturated carbocycles. The van der Waals surface area contributed by atoms with Crippen molar-refractivity contribution < 1.29 is 23.7 Å². The van der Waals surface area contributed by atoms with E-state index in [1.807, 2.05) is 44.2 Å². The smallest absolute Gasteiger partial charge is 0.190 e. The third-order valence-electron chi connectivity index (χ3n) is 4.06. The van der Waals surface area contributed by atoms with Gasteiger partial charge in [-0.1, -0.05) is 35.4 Å². The summed E-state index contributed by atoms with van der Waals surface area (Å²) in [5.41, 5.74) is 9.65. The van der Waals surface area contributed by atoms with E-state index in [0.29, 0.717) is 19.8 Å². The van der Waals surface area contributed by atoms with Crippen LogP contribution in [0.5, 0.6) is 0 Å². The van der Waals surface area contributed by atoms with Crippen LogP contribution in [0, 0.1) is 0 Å². The Balaban J connectivity index is 1.48. The van der Waals surface area contributed by atoms with Crippen LogP contribution >= 0.6 is 0 Å². The lowest BCUT2D eigenvalue weighted by Crippen LogP contribution is -2.38. The molecule has 3 rings (SSSR count). The summed E-state index contributed by atoms with van der Waals surface area (Å²) in [5, 5.41) is 3.58. The topological polar surface area (TPSA) is 94.9 Å². The molecule has 0 N–H and O–H groups in total. The van der Waals surface area contributed by atoms with Gasteiger partial charge in [-0.15, -0.1) is 0 Å². The Bertz CT molecular complexity index is 606. The highest BCUT2D eigenvalue weighted by Crippen LogP contribution is 2.38. The molecule has 4 atom stereocenters. The zero-order valence-corrected chi connectivity index (χ0v) is 14.4. The highest BCUT2D eigenvalue weighted by Gasteiger charge is 2.55. The first-order chi connectivity index (χ1) is 12.1. The molecule has 0 radical (unpaired) electrons. The third-order valence-corrected chi connectivity index (χ3v) is 4.06. The van der Waals surface area contributed by atoms with Crippen LogP contribution in [0.4, 0.5) is 0 Å². The molecule has 0 amide bonds. The van der Waals surface area contributed by atoms with Crippen molar-refractivity contribution >= 4 is 0 Å². The van der Waals surface area contributed by atoms with Crippen molar-refractivity contribution in [2.24, 2.45) is 5.11 Å². The monoisotopic (exact) mass is 349 g/mol. The van der Waals surface area contributed by atoms with Crippen molar-refractivity contribution in [3.8, 4) is 0 Å². The van der Waals surface area contributed by atoms with E-state index in [4.69, 9.17) is 29.2 Å². The third kappa shape index (κ3) is 4.70. The molecular formula is C17H23N3O5. The lowest BCUT2D eigenvalue weighted by atomic mass is 10.1. The van der Waals surface area contributed by atoms with Crippen molar-refractivity contribution in [2.75, 3.05) is 19.8 Å². The molecule has 1 aromatic carbocycles. The number of hydrogen-bond acceptors (Lipinski definition) is 6. The zero-order chi connectivity index (χ0) is 17.7. The summed E-state index contributed by atoms with van der Waals surface area (Å²) >= 11 is 0. The normalized spacial score (nSPS) is 30.0. The van der Waals surface area contributed by atoms with Crippen LogP contribution in [-0.2, 0) is 30.3 Å². The largest absolute Gasteiger partial charge is 0.374 e. The van der Waals surface area contributed by atoms with Gasteiger partial charge in [-0.3, -0.25) is 0 Å². The number of nitrogens with zero attached hydrogens (tertiary/aromatic N) is 3. The van der Waals surface area contributed by atoms with Crippen molar-refractivity contribution in [3.63, 3.8) is 0 Å². The summed E-state index contributed by atoms with van der Waals surface area (Å²) in [5.74, 6) is -0.718. The average Bonchev–Trinajstić information content (AvgIpc) is 3.05. The Hall–Kier alpha value is -1.67. The first-order valence-corrected chi connectivity index (χ1v) is 8.34. The molecule has 2 fully saturated rings. The van der Waals surface area contributed by atoms with Gasteiger partial charge in [0.15, 0.2) is 12.1 Å². The summed E-state index contributed by atoms with van der Waals surface area (Å²) in [6.45, 7) is 5.20. The second-order valence-electron chi connectivity index (χ2n) is 6.43. The molecule has 0 aromatic heterocycles. The van der Waals surface area contributed by atoms with E-state index in [1.165, 1.54) is 0 Å². The number of hydrogen-bond donors (Lipinski definition) is 0. The number of benzene rings is 1. The molecule has 2 heterocycles. The van der Waals surface area contributed by atoms with E-state index in [1.54, 1.807) is 0 Å². The van der Waals surface area contributed by atoms with Crippen LogP contribution in [0.25, 0.3) is 10.4 Å². The molecule has 2 saturated heterocycles. The summed E-state index contributed by atoms with van der Waals surface area (Å²) < 4.78 is 28.9. The van der Waals surface area contributed by atoms with Crippen LogP contribution in [0.15, 0.2) is 35.4 Å². The lowest BCUT2D eigenvalue weighted by molar-refractivity contribution is -0.217. The Morgan fingerprint density at radius 3 is 2.76 bits per heavy atom. The molecule has 0 aliphatic carbocycles. The van der Waals surface area contributed by atoms with Gasteiger partial charge in [0.05, 0.1) is 32.5 Å². The Kier molecular flexibility index (Phi) is 5.90. The van der Waals surface area contributed by atoms with Gasteiger partial charge in [-0.2, -0.15) is 0 Å². The molecular weight excluding hydrogens is 326 g/mol. The number of azide groups is 1. The maximum Gasteiger partial charge on any atom is 0.190 e. The van der Waals surface area contributed by atoms with Crippen molar-refractivity contribution in [1.82, 2.24) is 0 Å². The highest BCUT2D eigenvalue weighted by atomic mass is 16.8. The first-order valence-electron chi connectivity index (χ1n) is 8.34. The van der Waals surface area contributed by atoms with E-state index >= 15 is 0 Å². The molecule has 1 aromatic rings. The Morgan fingerprint density at radius 2 is 2.00 bits per heavy atom. The molecule has 136 valence electrons. The van der Waals surface area contributed by atoms with E-state index in [9.17, 15) is 0 Å². The van der Waals surface area contributed by atoms with E-state index in [0.717, 1.165) is 5.56 Å². The van der Waals surface area contributed by atoms with Crippen LogP contribution in [0.2, 0.25) is 0 Å². The average molecular weight is 349 g/mol. The minimum atomic E-state index is -0.718. The van der Waals surface area contributed by atoms with E-state index in [-0.39, 0.29) is 18.8 Å². The molecule has 0 bridgehead atoms. The Labute approximate surface area is 146 Å². The fourth-order valence-electron chi connectivity index (χ4n) is 3.02. The second-order valence-corrected chi connectivity index (χ2v) is 6.43. The van der Waals surface area contributed by atoms with Gasteiger partial charge < -0.3 is 23.7 Å².